The topological polar surface area (TPSA) is 0 Å². The van der Waals surface area contributed by atoms with Crippen LogP contribution in [0.1, 0.15) is 13.8 Å². The van der Waals surface area contributed by atoms with Gasteiger partial charge in [-0.1, -0.05) is 39.4 Å². The van der Waals surface area contributed by atoms with Crippen LogP contribution in [0.4, 0.5) is 0 Å². The van der Waals surface area contributed by atoms with Gasteiger partial charge < -0.3 is 0 Å². The molecule has 0 radical (unpaired) electrons. The van der Waals surface area contributed by atoms with E-state index >= 15 is 0 Å². The first-order valence-corrected chi connectivity index (χ1v) is 10.7. The first kappa shape index (κ1) is 12.5. The van der Waals surface area contributed by atoms with E-state index in [-0.39, 0.29) is 4.08 Å². The Morgan fingerprint density at radius 1 is 1.14 bits per heavy atom. The maximum atomic E-state index is 3.57. The van der Waals surface area contributed by atoms with Crippen molar-refractivity contribution in [3.63, 3.8) is 0 Å². The zero-order valence-corrected chi connectivity index (χ0v) is 12.4. The second-order valence-corrected chi connectivity index (χ2v) is 12.7. The summed E-state index contributed by atoms with van der Waals surface area (Å²) in [7, 11) is -1.21. The van der Waals surface area contributed by atoms with E-state index in [0.29, 0.717) is 5.92 Å². The van der Waals surface area contributed by atoms with Crippen LogP contribution in [0.25, 0.3) is 0 Å². The molecule has 1 heterocycles. The van der Waals surface area contributed by atoms with Crippen molar-refractivity contribution in [2.75, 3.05) is 11.5 Å². The van der Waals surface area contributed by atoms with Gasteiger partial charge in [-0.2, -0.15) is 0 Å². The lowest BCUT2D eigenvalue weighted by Crippen LogP contribution is -2.25. The van der Waals surface area contributed by atoms with Crippen molar-refractivity contribution in [3.8, 4) is 11.5 Å². The Morgan fingerprint density at radius 2 is 1.64 bits per heavy atom. The highest BCUT2D eigenvalue weighted by molar-refractivity contribution is 8.21. The third-order valence-corrected chi connectivity index (χ3v) is 6.75. The molecule has 3 heteroatoms. The summed E-state index contributed by atoms with van der Waals surface area (Å²) in [5, 5.41) is 0. The SMILES string of the molecule is CC(C)C1(C#C[Si](C)(C)C)SCCS1. The van der Waals surface area contributed by atoms with Crippen molar-refractivity contribution < 1.29 is 0 Å². The Hall–Kier alpha value is 0.477. The number of rotatable bonds is 1. The predicted octanol–water partition coefficient (Wildman–Crippen LogP) is 3.70. The van der Waals surface area contributed by atoms with Crippen molar-refractivity contribution in [1.82, 2.24) is 0 Å². The highest BCUT2D eigenvalue weighted by atomic mass is 32.2. The molecule has 0 aromatic carbocycles. The average Bonchev–Trinajstić information content (AvgIpc) is 2.48. The fourth-order valence-electron chi connectivity index (χ4n) is 1.25. The average molecular weight is 245 g/mol. The Bertz CT molecular complexity index is 249. The smallest absolute Gasteiger partial charge is 0.129 e. The van der Waals surface area contributed by atoms with E-state index in [1.165, 1.54) is 11.5 Å². The van der Waals surface area contributed by atoms with Crippen molar-refractivity contribution in [1.29, 1.82) is 0 Å². The highest BCUT2D eigenvalue weighted by Crippen LogP contribution is 2.48. The third kappa shape index (κ3) is 3.25. The minimum Gasteiger partial charge on any atom is -0.130 e. The molecule has 0 aliphatic carbocycles. The molecule has 80 valence electrons. The molecule has 0 aromatic heterocycles. The van der Waals surface area contributed by atoms with Gasteiger partial charge in [-0.15, -0.1) is 29.1 Å². The molecule has 1 aliphatic rings. The van der Waals surface area contributed by atoms with Crippen molar-refractivity contribution in [2.24, 2.45) is 5.92 Å². The molecule has 0 N–H and O–H groups in total. The largest absolute Gasteiger partial charge is 0.130 e. The lowest BCUT2D eigenvalue weighted by Gasteiger charge is -2.25. The molecule has 1 saturated heterocycles. The zero-order chi connectivity index (χ0) is 10.8. The third-order valence-electron chi connectivity index (χ3n) is 2.09. The van der Waals surface area contributed by atoms with E-state index in [0.717, 1.165) is 0 Å². The van der Waals surface area contributed by atoms with Gasteiger partial charge in [0.25, 0.3) is 0 Å². The van der Waals surface area contributed by atoms with E-state index in [2.05, 4.69) is 68.5 Å². The molecule has 0 bridgehead atoms. The van der Waals surface area contributed by atoms with Crippen LogP contribution in [0.15, 0.2) is 0 Å². The van der Waals surface area contributed by atoms with Gasteiger partial charge in [0.05, 0.1) is 0 Å². The Morgan fingerprint density at radius 3 is 2.00 bits per heavy atom. The van der Waals surface area contributed by atoms with Crippen LogP contribution in [0.3, 0.4) is 0 Å². The molecule has 0 amide bonds. The molecule has 0 aromatic rings. The maximum absolute atomic E-state index is 3.57. The summed E-state index contributed by atoms with van der Waals surface area (Å²) < 4.78 is 0.209. The molecule has 0 saturated carbocycles. The molecule has 0 spiro atoms. The van der Waals surface area contributed by atoms with Crippen LogP contribution in [-0.4, -0.2) is 23.7 Å². The summed E-state index contributed by atoms with van der Waals surface area (Å²) in [6, 6.07) is 0. The van der Waals surface area contributed by atoms with Gasteiger partial charge in [0.2, 0.25) is 0 Å². The van der Waals surface area contributed by atoms with Gasteiger partial charge in [0, 0.05) is 11.5 Å². The van der Waals surface area contributed by atoms with Crippen molar-refractivity contribution in [2.45, 2.75) is 37.6 Å². The summed E-state index contributed by atoms with van der Waals surface area (Å²) in [5.41, 5.74) is 3.53. The fourth-order valence-corrected chi connectivity index (χ4v) is 5.03. The normalized spacial score (nSPS) is 20.7. The molecule has 0 atom stereocenters. The fraction of sp³-hybridized carbons (Fsp3) is 0.818. The monoisotopic (exact) mass is 244 g/mol. The van der Waals surface area contributed by atoms with E-state index in [4.69, 9.17) is 0 Å². The summed E-state index contributed by atoms with van der Waals surface area (Å²) in [6.45, 7) is 11.5. The molecule has 1 aliphatic heterocycles. The van der Waals surface area contributed by atoms with Gasteiger partial charge >= 0.3 is 0 Å². The van der Waals surface area contributed by atoms with Crippen LogP contribution in [-0.2, 0) is 0 Å². The second-order valence-electron chi connectivity index (χ2n) is 5.02. The summed E-state index contributed by atoms with van der Waals surface area (Å²) in [4.78, 5) is 0. The van der Waals surface area contributed by atoms with Crippen LogP contribution in [0.2, 0.25) is 19.6 Å². The number of hydrogen-bond donors (Lipinski definition) is 0. The summed E-state index contributed by atoms with van der Waals surface area (Å²) >= 11 is 4.10. The van der Waals surface area contributed by atoms with Crippen molar-refractivity contribution >= 4 is 31.6 Å². The minimum absolute atomic E-state index is 0.209. The first-order chi connectivity index (χ1) is 6.36. The molecule has 1 rings (SSSR count). The zero-order valence-electron chi connectivity index (χ0n) is 9.81. The van der Waals surface area contributed by atoms with Gasteiger partial charge in [0.15, 0.2) is 0 Å². The Labute approximate surface area is 98.0 Å². The first-order valence-electron chi connectivity index (χ1n) is 5.18. The molecular weight excluding hydrogens is 224 g/mol. The van der Waals surface area contributed by atoms with Crippen LogP contribution in [0, 0.1) is 17.4 Å². The van der Waals surface area contributed by atoms with E-state index in [1.807, 2.05) is 0 Å². The molecule has 1 fully saturated rings. The van der Waals surface area contributed by atoms with Gasteiger partial charge in [-0.25, -0.2) is 0 Å². The van der Waals surface area contributed by atoms with E-state index < -0.39 is 8.07 Å². The maximum Gasteiger partial charge on any atom is 0.129 e. The quantitative estimate of drug-likeness (QED) is 0.509. The van der Waals surface area contributed by atoms with Gasteiger partial charge in [-0.05, 0) is 5.92 Å². The molecule has 0 nitrogen and oxygen atoms in total. The lowest BCUT2D eigenvalue weighted by atomic mass is 10.1. The summed E-state index contributed by atoms with van der Waals surface area (Å²) in [5.74, 6) is 6.76. The number of hydrogen-bond acceptors (Lipinski definition) is 2. The second kappa shape index (κ2) is 4.55. The van der Waals surface area contributed by atoms with Crippen molar-refractivity contribution in [3.05, 3.63) is 0 Å². The molecule has 0 unspecified atom stereocenters. The number of thioether (sulfide) groups is 2. The van der Waals surface area contributed by atoms with Crippen LogP contribution >= 0.6 is 23.5 Å². The standard InChI is InChI=1S/C11H20S2Si/c1-10(2)11(12-7-8-13-11)6-9-14(3,4)5/h10H,7-8H2,1-5H3. The van der Waals surface area contributed by atoms with Crippen LogP contribution < -0.4 is 0 Å². The van der Waals surface area contributed by atoms with E-state index in [1.54, 1.807) is 0 Å². The van der Waals surface area contributed by atoms with E-state index in [9.17, 15) is 0 Å². The Kier molecular flexibility index (Phi) is 4.08. The molecule has 14 heavy (non-hydrogen) atoms. The molecular formula is C11H20S2Si. The highest BCUT2D eigenvalue weighted by Gasteiger charge is 2.37. The Balaban J connectivity index is 2.83. The predicted molar refractivity (Wildman–Crippen MR) is 73.6 cm³/mol. The van der Waals surface area contributed by atoms with Gasteiger partial charge in [-0.3, -0.25) is 0 Å². The minimum atomic E-state index is -1.21. The van der Waals surface area contributed by atoms with Gasteiger partial charge in [0.1, 0.15) is 12.2 Å². The van der Waals surface area contributed by atoms with Crippen LogP contribution in [0.5, 0.6) is 0 Å². The summed E-state index contributed by atoms with van der Waals surface area (Å²) in [6.07, 6.45) is 0. The lowest BCUT2D eigenvalue weighted by molar-refractivity contribution is 0.660.